The number of carbonyl (C=O) groups is 1. The Kier molecular flexibility index (Phi) is 2.82. The summed E-state index contributed by atoms with van der Waals surface area (Å²) in [5, 5.41) is 2.50. The van der Waals surface area contributed by atoms with Crippen molar-refractivity contribution in [3.05, 3.63) is 36.3 Å². The highest BCUT2D eigenvalue weighted by Gasteiger charge is 2.12. The molecule has 3 heterocycles. The minimum absolute atomic E-state index is 0.265. The fourth-order valence-electron chi connectivity index (χ4n) is 1.89. The number of imidazole rings is 1. The third-order valence-electron chi connectivity index (χ3n) is 2.87. The first-order chi connectivity index (χ1) is 9.69. The Balaban J connectivity index is 1.92. The summed E-state index contributed by atoms with van der Waals surface area (Å²) < 4.78 is 7.23. The molecule has 0 radical (unpaired) electrons. The number of hydrogen-bond donors (Lipinski definition) is 2. The zero-order valence-electron chi connectivity index (χ0n) is 10.7. The van der Waals surface area contributed by atoms with Crippen molar-refractivity contribution in [3.8, 4) is 0 Å². The van der Waals surface area contributed by atoms with E-state index in [-0.39, 0.29) is 11.7 Å². The van der Waals surface area contributed by atoms with Crippen LogP contribution in [0.4, 0.5) is 5.82 Å². The minimum Gasteiger partial charge on any atom is -0.454 e. The monoisotopic (exact) mass is 272 g/mol. The largest absolute Gasteiger partial charge is 0.454 e. The number of amides is 1. The van der Waals surface area contributed by atoms with Gasteiger partial charge >= 0.3 is 0 Å². The van der Waals surface area contributed by atoms with Crippen molar-refractivity contribution < 1.29 is 9.21 Å². The van der Waals surface area contributed by atoms with E-state index < -0.39 is 0 Å². The third kappa shape index (κ3) is 1.96. The molecule has 20 heavy (non-hydrogen) atoms. The fourth-order valence-corrected chi connectivity index (χ4v) is 1.89. The molecule has 0 aliphatic heterocycles. The molecule has 0 fully saturated rings. The molecule has 0 aliphatic rings. The predicted octanol–water partition coefficient (Wildman–Crippen LogP) is 0.409. The molecule has 3 rings (SSSR count). The lowest BCUT2D eigenvalue weighted by Gasteiger charge is -2.01. The molecule has 102 valence electrons. The van der Waals surface area contributed by atoms with Gasteiger partial charge in [-0.05, 0) is 12.1 Å². The van der Waals surface area contributed by atoms with Crippen molar-refractivity contribution >= 4 is 22.9 Å². The number of rotatable bonds is 3. The molecule has 3 aromatic heterocycles. The molecule has 0 spiro atoms. The van der Waals surface area contributed by atoms with Crippen molar-refractivity contribution in [3.63, 3.8) is 0 Å². The van der Waals surface area contributed by atoms with E-state index in [1.165, 1.54) is 6.33 Å². The van der Waals surface area contributed by atoms with Crippen LogP contribution in [0.3, 0.4) is 0 Å². The van der Waals surface area contributed by atoms with E-state index in [9.17, 15) is 4.79 Å². The van der Waals surface area contributed by atoms with Crippen LogP contribution in [0.2, 0.25) is 0 Å². The van der Waals surface area contributed by atoms with Gasteiger partial charge in [0.2, 0.25) is 0 Å². The fraction of sp³-hybridized carbons (Fsp3) is 0.167. The van der Waals surface area contributed by atoms with E-state index in [2.05, 4.69) is 20.3 Å². The van der Waals surface area contributed by atoms with Crippen molar-refractivity contribution in [2.24, 2.45) is 0 Å². The van der Waals surface area contributed by atoms with Gasteiger partial charge in [0.25, 0.3) is 5.91 Å². The second-order valence-corrected chi connectivity index (χ2v) is 4.15. The van der Waals surface area contributed by atoms with Gasteiger partial charge in [-0.25, -0.2) is 15.0 Å². The SMILES string of the molecule is CNC(=O)c1ccc(Cn2cnc3c(N)ncnc32)o1. The molecular weight excluding hydrogens is 260 g/mol. The minimum atomic E-state index is -0.265. The van der Waals surface area contributed by atoms with Gasteiger partial charge in [-0.1, -0.05) is 0 Å². The third-order valence-corrected chi connectivity index (χ3v) is 2.87. The first-order valence-corrected chi connectivity index (χ1v) is 5.91. The molecule has 0 aromatic carbocycles. The van der Waals surface area contributed by atoms with Crippen LogP contribution in [0.15, 0.2) is 29.2 Å². The van der Waals surface area contributed by atoms with Gasteiger partial charge in [0.15, 0.2) is 17.2 Å². The van der Waals surface area contributed by atoms with E-state index >= 15 is 0 Å². The van der Waals surface area contributed by atoms with Gasteiger partial charge in [0, 0.05) is 7.05 Å². The van der Waals surface area contributed by atoms with E-state index in [0.29, 0.717) is 29.3 Å². The van der Waals surface area contributed by atoms with Crippen LogP contribution in [-0.4, -0.2) is 32.5 Å². The van der Waals surface area contributed by atoms with Crippen LogP contribution >= 0.6 is 0 Å². The maximum absolute atomic E-state index is 11.4. The quantitative estimate of drug-likeness (QED) is 0.714. The Morgan fingerprint density at radius 1 is 1.40 bits per heavy atom. The number of nitrogens with one attached hydrogen (secondary N) is 1. The highest BCUT2D eigenvalue weighted by molar-refractivity contribution is 5.91. The second-order valence-electron chi connectivity index (χ2n) is 4.15. The second kappa shape index (κ2) is 4.65. The number of nitrogen functional groups attached to an aromatic ring is 1. The van der Waals surface area contributed by atoms with Crippen molar-refractivity contribution in [2.75, 3.05) is 12.8 Å². The Labute approximate surface area is 113 Å². The maximum atomic E-state index is 11.4. The lowest BCUT2D eigenvalue weighted by Crippen LogP contribution is -2.16. The van der Waals surface area contributed by atoms with Crippen LogP contribution in [-0.2, 0) is 6.54 Å². The van der Waals surface area contributed by atoms with Crippen LogP contribution < -0.4 is 11.1 Å². The number of hydrogen-bond acceptors (Lipinski definition) is 6. The summed E-state index contributed by atoms with van der Waals surface area (Å²) in [6.07, 6.45) is 2.99. The number of furan rings is 1. The maximum Gasteiger partial charge on any atom is 0.286 e. The Morgan fingerprint density at radius 3 is 3.05 bits per heavy atom. The van der Waals surface area contributed by atoms with Crippen LogP contribution in [0.5, 0.6) is 0 Å². The highest BCUT2D eigenvalue weighted by atomic mass is 16.4. The summed E-state index contributed by atoms with van der Waals surface area (Å²) in [7, 11) is 1.55. The normalized spacial score (nSPS) is 10.8. The highest BCUT2D eigenvalue weighted by Crippen LogP contribution is 2.16. The van der Waals surface area contributed by atoms with Gasteiger partial charge in [-0.3, -0.25) is 4.79 Å². The summed E-state index contributed by atoms with van der Waals surface area (Å²) >= 11 is 0. The molecule has 0 saturated carbocycles. The number of nitrogens with two attached hydrogens (primary N) is 1. The topological polar surface area (TPSA) is 112 Å². The predicted molar refractivity (Wildman–Crippen MR) is 70.9 cm³/mol. The van der Waals surface area contributed by atoms with Crippen LogP contribution in [0.25, 0.3) is 11.2 Å². The Bertz CT molecular complexity index is 775. The van der Waals surface area contributed by atoms with E-state index in [4.69, 9.17) is 10.2 Å². The van der Waals surface area contributed by atoms with E-state index in [1.54, 1.807) is 30.1 Å². The number of fused-ring (bicyclic) bond motifs is 1. The summed E-state index contributed by atoms with van der Waals surface area (Å²) in [5.41, 5.74) is 6.89. The molecule has 0 saturated heterocycles. The molecule has 3 aromatic rings. The molecule has 0 unspecified atom stereocenters. The molecule has 0 aliphatic carbocycles. The van der Waals surface area contributed by atoms with E-state index in [0.717, 1.165) is 0 Å². The van der Waals surface area contributed by atoms with Gasteiger partial charge in [-0.15, -0.1) is 0 Å². The molecule has 0 atom stereocenters. The average Bonchev–Trinajstić information content (AvgIpc) is 3.07. The molecule has 1 amide bonds. The summed E-state index contributed by atoms with van der Waals surface area (Å²) in [4.78, 5) is 23.6. The summed E-state index contributed by atoms with van der Waals surface area (Å²) in [6.45, 7) is 0.407. The zero-order valence-corrected chi connectivity index (χ0v) is 10.7. The summed E-state index contributed by atoms with van der Waals surface area (Å²) in [5.74, 6) is 0.957. The lowest BCUT2D eigenvalue weighted by molar-refractivity contribution is 0.0933. The first-order valence-electron chi connectivity index (χ1n) is 5.91. The van der Waals surface area contributed by atoms with E-state index in [1.807, 2.05) is 0 Å². The Morgan fingerprint density at radius 2 is 2.25 bits per heavy atom. The summed E-state index contributed by atoms with van der Waals surface area (Å²) in [6, 6.07) is 3.36. The average molecular weight is 272 g/mol. The molecule has 3 N–H and O–H groups in total. The first kappa shape index (κ1) is 12.2. The van der Waals surface area contributed by atoms with Gasteiger partial charge in [0.05, 0.1) is 12.9 Å². The van der Waals surface area contributed by atoms with Crippen molar-refractivity contribution in [1.82, 2.24) is 24.8 Å². The van der Waals surface area contributed by atoms with Crippen LogP contribution in [0.1, 0.15) is 16.3 Å². The van der Waals surface area contributed by atoms with Gasteiger partial charge < -0.3 is 20.0 Å². The zero-order chi connectivity index (χ0) is 14.1. The number of aromatic nitrogens is 4. The molecular formula is C12H12N6O2. The number of anilines is 1. The van der Waals surface area contributed by atoms with Gasteiger partial charge in [-0.2, -0.15) is 0 Å². The molecule has 8 heteroatoms. The number of carbonyl (C=O) groups excluding carboxylic acids is 1. The molecule has 0 bridgehead atoms. The number of nitrogens with zero attached hydrogens (tertiary/aromatic N) is 4. The smallest absolute Gasteiger partial charge is 0.286 e. The lowest BCUT2D eigenvalue weighted by atomic mass is 10.4. The standard InChI is InChI=1S/C12H12N6O2/c1-14-12(19)8-3-2-7(20-8)4-18-6-17-9-10(13)15-5-16-11(9)18/h2-3,5-6H,4H2,1H3,(H,14,19)(H2,13,15,16). The Hall–Kier alpha value is -2.90. The van der Waals surface area contributed by atoms with Crippen molar-refractivity contribution in [1.29, 1.82) is 0 Å². The van der Waals surface area contributed by atoms with Gasteiger partial charge in [0.1, 0.15) is 17.6 Å². The van der Waals surface area contributed by atoms with Crippen LogP contribution in [0, 0.1) is 0 Å². The molecule has 8 nitrogen and oxygen atoms in total. The van der Waals surface area contributed by atoms with Crippen molar-refractivity contribution in [2.45, 2.75) is 6.54 Å².